The summed E-state index contributed by atoms with van der Waals surface area (Å²) in [6.07, 6.45) is 0.0590. The number of morpholine rings is 1. The fourth-order valence-corrected chi connectivity index (χ4v) is 3.35. The van der Waals surface area contributed by atoms with Crippen LogP contribution in [0.2, 0.25) is 0 Å². The van der Waals surface area contributed by atoms with Crippen molar-refractivity contribution in [2.24, 2.45) is 0 Å². The first kappa shape index (κ1) is 15.9. The lowest BCUT2D eigenvalue weighted by Crippen LogP contribution is -2.54. The van der Waals surface area contributed by atoms with Crippen molar-refractivity contribution in [1.29, 1.82) is 5.26 Å². The van der Waals surface area contributed by atoms with Gasteiger partial charge in [-0.15, -0.1) is 0 Å². The highest BCUT2D eigenvalue weighted by atomic mass is 16.5. The Hall–Kier alpha value is -1.94. The normalized spacial score (nSPS) is 24.5. The second kappa shape index (κ2) is 7.09. The van der Waals surface area contributed by atoms with Crippen molar-refractivity contribution < 1.29 is 14.3 Å². The average Bonchev–Trinajstić information content (AvgIpc) is 2.97. The van der Waals surface area contributed by atoms with E-state index in [2.05, 4.69) is 11.0 Å². The van der Waals surface area contributed by atoms with Gasteiger partial charge in [0, 0.05) is 33.3 Å². The number of carbonyl (C=O) groups excluding carboxylic acids is 1. The number of nitriles is 1. The molecule has 0 aliphatic carbocycles. The van der Waals surface area contributed by atoms with Crippen LogP contribution in [0, 0.1) is 11.3 Å². The van der Waals surface area contributed by atoms with Crippen LogP contribution in [0.1, 0.15) is 11.1 Å². The molecule has 6 heteroatoms. The lowest BCUT2D eigenvalue weighted by molar-refractivity contribution is -0.153. The van der Waals surface area contributed by atoms with E-state index in [0.717, 1.165) is 25.2 Å². The minimum atomic E-state index is 0.0385. The quantitative estimate of drug-likeness (QED) is 0.797. The first-order chi connectivity index (χ1) is 11.2. The molecule has 6 nitrogen and oxygen atoms in total. The van der Waals surface area contributed by atoms with Crippen LogP contribution in [0.25, 0.3) is 0 Å². The predicted molar refractivity (Wildman–Crippen MR) is 83.6 cm³/mol. The predicted octanol–water partition coefficient (Wildman–Crippen LogP) is 0.616. The van der Waals surface area contributed by atoms with E-state index in [1.807, 2.05) is 29.2 Å². The second-order valence-electron chi connectivity index (χ2n) is 6.00. The number of amides is 1. The van der Waals surface area contributed by atoms with E-state index in [-0.39, 0.29) is 24.7 Å². The molecule has 1 amide bonds. The summed E-state index contributed by atoms with van der Waals surface area (Å²) in [4.78, 5) is 16.3. The lowest BCUT2D eigenvalue weighted by atomic mass is 10.1. The molecule has 0 aromatic heterocycles. The Kier molecular flexibility index (Phi) is 4.91. The highest BCUT2D eigenvalue weighted by Crippen LogP contribution is 2.24. The van der Waals surface area contributed by atoms with Crippen molar-refractivity contribution in [2.45, 2.75) is 18.7 Å². The topological polar surface area (TPSA) is 65.8 Å². The monoisotopic (exact) mass is 315 g/mol. The Balaban J connectivity index is 1.66. The van der Waals surface area contributed by atoms with Crippen molar-refractivity contribution >= 4 is 5.91 Å². The number of methoxy groups -OCH3 is 1. The standard InChI is InChI=1S/C17H21N3O3/c1-22-6-5-20-15-10-19(11-16(15)23-12-17(20)21)9-14-4-2-3-13(7-14)8-18/h2-4,7,15-16H,5-6,9-12H2,1H3. The molecule has 2 fully saturated rings. The van der Waals surface area contributed by atoms with Gasteiger partial charge in [-0.3, -0.25) is 9.69 Å². The largest absolute Gasteiger partial charge is 0.383 e. The minimum Gasteiger partial charge on any atom is -0.383 e. The number of hydrogen-bond donors (Lipinski definition) is 0. The maximum atomic E-state index is 12.1. The zero-order valence-corrected chi connectivity index (χ0v) is 13.3. The molecule has 2 unspecified atom stereocenters. The third-order valence-electron chi connectivity index (χ3n) is 4.45. The van der Waals surface area contributed by atoms with Gasteiger partial charge in [0.05, 0.1) is 30.4 Å². The van der Waals surface area contributed by atoms with Crippen molar-refractivity contribution in [2.75, 3.05) is 40.0 Å². The van der Waals surface area contributed by atoms with Crippen LogP contribution in [-0.2, 0) is 20.8 Å². The van der Waals surface area contributed by atoms with E-state index in [1.54, 1.807) is 7.11 Å². The van der Waals surface area contributed by atoms with Gasteiger partial charge in [-0.05, 0) is 17.7 Å². The number of carbonyl (C=O) groups is 1. The maximum absolute atomic E-state index is 12.1. The number of benzene rings is 1. The van der Waals surface area contributed by atoms with Crippen LogP contribution < -0.4 is 0 Å². The third-order valence-corrected chi connectivity index (χ3v) is 4.45. The molecule has 2 aliphatic heterocycles. The number of rotatable bonds is 5. The Bertz CT molecular complexity index is 613. The molecule has 0 N–H and O–H groups in total. The zero-order chi connectivity index (χ0) is 16.2. The summed E-state index contributed by atoms with van der Waals surface area (Å²) in [6, 6.07) is 9.91. The van der Waals surface area contributed by atoms with Gasteiger partial charge in [-0.2, -0.15) is 5.26 Å². The molecule has 2 atom stereocenters. The SMILES string of the molecule is COCCN1C(=O)COC2CN(Cc3cccc(C#N)c3)CC21. The Labute approximate surface area is 136 Å². The fourth-order valence-electron chi connectivity index (χ4n) is 3.35. The smallest absolute Gasteiger partial charge is 0.249 e. The summed E-state index contributed by atoms with van der Waals surface area (Å²) in [5, 5.41) is 9.00. The van der Waals surface area contributed by atoms with E-state index in [0.29, 0.717) is 18.7 Å². The van der Waals surface area contributed by atoms with Crippen molar-refractivity contribution in [3.63, 3.8) is 0 Å². The highest BCUT2D eigenvalue weighted by Gasteiger charge is 2.42. The summed E-state index contributed by atoms with van der Waals surface area (Å²) in [5.74, 6) is 0.0385. The number of nitrogens with zero attached hydrogens (tertiary/aromatic N) is 3. The molecule has 0 saturated carbocycles. The number of fused-ring (bicyclic) bond motifs is 1. The maximum Gasteiger partial charge on any atom is 0.249 e. The van der Waals surface area contributed by atoms with E-state index >= 15 is 0 Å². The summed E-state index contributed by atoms with van der Waals surface area (Å²) in [6.45, 7) is 3.66. The minimum absolute atomic E-state index is 0.0385. The molecule has 2 aliphatic rings. The van der Waals surface area contributed by atoms with Gasteiger partial charge < -0.3 is 14.4 Å². The summed E-state index contributed by atoms with van der Waals surface area (Å²) >= 11 is 0. The molecule has 2 saturated heterocycles. The van der Waals surface area contributed by atoms with Crippen molar-refractivity contribution in [3.8, 4) is 6.07 Å². The summed E-state index contributed by atoms with van der Waals surface area (Å²) in [7, 11) is 1.64. The van der Waals surface area contributed by atoms with Crippen molar-refractivity contribution in [3.05, 3.63) is 35.4 Å². The summed E-state index contributed by atoms with van der Waals surface area (Å²) < 4.78 is 10.8. The van der Waals surface area contributed by atoms with Gasteiger partial charge in [0.25, 0.3) is 0 Å². The van der Waals surface area contributed by atoms with Crippen LogP contribution in [0.5, 0.6) is 0 Å². The Morgan fingerprint density at radius 3 is 3.09 bits per heavy atom. The Morgan fingerprint density at radius 1 is 1.43 bits per heavy atom. The highest BCUT2D eigenvalue weighted by molar-refractivity contribution is 5.78. The molecule has 1 aromatic rings. The molecule has 0 bridgehead atoms. The molecule has 3 rings (SSSR count). The van der Waals surface area contributed by atoms with Crippen LogP contribution in [0.4, 0.5) is 0 Å². The summed E-state index contributed by atoms with van der Waals surface area (Å²) in [5.41, 5.74) is 1.78. The van der Waals surface area contributed by atoms with E-state index in [4.69, 9.17) is 14.7 Å². The fraction of sp³-hybridized carbons (Fsp3) is 0.529. The zero-order valence-electron chi connectivity index (χ0n) is 13.3. The van der Waals surface area contributed by atoms with Crippen molar-refractivity contribution in [1.82, 2.24) is 9.80 Å². The molecule has 0 spiro atoms. The van der Waals surface area contributed by atoms with Gasteiger partial charge in [-0.25, -0.2) is 0 Å². The first-order valence-electron chi connectivity index (χ1n) is 7.82. The lowest BCUT2D eigenvalue weighted by Gasteiger charge is -2.36. The van der Waals surface area contributed by atoms with Crippen LogP contribution in [0.15, 0.2) is 24.3 Å². The van der Waals surface area contributed by atoms with Gasteiger partial charge >= 0.3 is 0 Å². The van der Waals surface area contributed by atoms with Crippen LogP contribution in [0.3, 0.4) is 0 Å². The first-order valence-corrected chi connectivity index (χ1v) is 7.82. The van der Waals surface area contributed by atoms with Crippen LogP contribution in [-0.4, -0.2) is 67.8 Å². The van der Waals surface area contributed by atoms with Crippen LogP contribution >= 0.6 is 0 Å². The molecular formula is C17H21N3O3. The molecule has 23 heavy (non-hydrogen) atoms. The Morgan fingerprint density at radius 2 is 2.30 bits per heavy atom. The van der Waals surface area contributed by atoms with E-state index in [1.165, 1.54) is 0 Å². The third kappa shape index (κ3) is 3.53. The molecule has 1 aromatic carbocycles. The van der Waals surface area contributed by atoms with E-state index < -0.39 is 0 Å². The second-order valence-corrected chi connectivity index (χ2v) is 6.00. The van der Waals surface area contributed by atoms with Gasteiger partial charge in [0.1, 0.15) is 6.61 Å². The van der Waals surface area contributed by atoms with Gasteiger partial charge in [-0.1, -0.05) is 12.1 Å². The molecule has 122 valence electrons. The molecule has 2 heterocycles. The molecule has 0 radical (unpaired) electrons. The number of ether oxygens (including phenoxy) is 2. The number of hydrogen-bond acceptors (Lipinski definition) is 5. The molecular weight excluding hydrogens is 294 g/mol. The number of likely N-dealkylation sites (tertiary alicyclic amines) is 1. The van der Waals surface area contributed by atoms with E-state index in [9.17, 15) is 4.79 Å². The van der Waals surface area contributed by atoms with Gasteiger partial charge in [0.15, 0.2) is 0 Å². The average molecular weight is 315 g/mol. The van der Waals surface area contributed by atoms with Gasteiger partial charge in [0.2, 0.25) is 5.91 Å².